The molecule has 0 unspecified atom stereocenters. The van der Waals surface area contributed by atoms with Crippen LogP contribution in [0.3, 0.4) is 0 Å². The maximum atomic E-state index is 5.62. The summed E-state index contributed by atoms with van der Waals surface area (Å²) in [5.41, 5.74) is 1.32. The van der Waals surface area contributed by atoms with Gasteiger partial charge < -0.3 is 10.1 Å². The first-order valence-electron chi connectivity index (χ1n) is 8.04. The van der Waals surface area contributed by atoms with Crippen LogP contribution in [0.15, 0.2) is 22.7 Å². The fraction of sp³-hybridized carbons (Fsp3) is 0.647. The molecule has 1 aliphatic heterocycles. The fourth-order valence-electron chi connectivity index (χ4n) is 3.08. The van der Waals surface area contributed by atoms with Crippen molar-refractivity contribution in [3.8, 4) is 5.75 Å². The third kappa shape index (κ3) is 6.79. The van der Waals surface area contributed by atoms with E-state index in [9.17, 15) is 0 Å². The van der Waals surface area contributed by atoms with Crippen LogP contribution < -0.4 is 10.1 Å². The van der Waals surface area contributed by atoms with Crippen molar-refractivity contribution in [3.05, 3.63) is 28.2 Å². The van der Waals surface area contributed by atoms with Gasteiger partial charge in [-0.3, -0.25) is 4.90 Å². The largest absolute Gasteiger partial charge is 0.496 e. The van der Waals surface area contributed by atoms with E-state index >= 15 is 0 Å². The Morgan fingerprint density at radius 3 is 2.52 bits per heavy atom. The smallest absolute Gasteiger partial charge is 0.123 e. The van der Waals surface area contributed by atoms with E-state index in [0.717, 1.165) is 36.4 Å². The number of halogens is 3. The molecule has 1 fully saturated rings. The number of unbranched alkanes of at least 4 members (excludes halogenated alkanes) is 2. The van der Waals surface area contributed by atoms with E-state index in [0.29, 0.717) is 6.04 Å². The summed E-state index contributed by atoms with van der Waals surface area (Å²) in [6, 6.07) is 6.83. The van der Waals surface area contributed by atoms with Gasteiger partial charge in [0.05, 0.1) is 7.11 Å². The van der Waals surface area contributed by atoms with Crippen LogP contribution in [0.4, 0.5) is 0 Å². The van der Waals surface area contributed by atoms with Crippen molar-refractivity contribution in [1.82, 2.24) is 10.2 Å². The lowest BCUT2D eigenvalue weighted by atomic mass is 9.97. The highest BCUT2D eigenvalue weighted by atomic mass is 79.9. The Labute approximate surface area is 161 Å². The Hall–Kier alpha value is -0.000000000000000111. The van der Waals surface area contributed by atoms with Gasteiger partial charge in [0.25, 0.3) is 0 Å². The van der Waals surface area contributed by atoms with E-state index in [1.165, 1.54) is 31.2 Å². The van der Waals surface area contributed by atoms with E-state index in [1.807, 2.05) is 0 Å². The van der Waals surface area contributed by atoms with Gasteiger partial charge in [0.2, 0.25) is 0 Å². The van der Waals surface area contributed by atoms with Gasteiger partial charge >= 0.3 is 0 Å². The van der Waals surface area contributed by atoms with Crippen molar-refractivity contribution < 1.29 is 4.74 Å². The van der Waals surface area contributed by atoms with Crippen LogP contribution in [0.2, 0.25) is 0 Å². The first-order valence-corrected chi connectivity index (χ1v) is 8.83. The van der Waals surface area contributed by atoms with E-state index in [2.05, 4.69) is 51.3 Å². The molecule has 1 aliphatic rings. The monoisotopic (exact) mass is 426 g/mol. The molecular formula is C17H29BrCl2N2O. The quantitative estimate of drug-likeness (QED) is 0.630. The van der Waals surface area contributed by atoms with Gasteiger partial charge in [0.1, 0.15) is 5.75 Å². The molecule has 2 rings (SSSR count). The maximum absolute atomic E-state index is 5.62. The Morgan fingerprint density at radius 1 is 1.22 bits per heavy atom. The highest BCUT2D eigenvalue weighted by molar-refractivity contribution is 9.10. The molecule has 1 atom stereocenters. The van der Waals surface area contributed by atoms with Gasteiger partial charge in [-0.05, 0) is 24.6 Å². The first kappa shape index (κ1) is 23.0. The second-order valence-electron chi connectivity index (χ2n) is 5.68. The second kappa shape index (κ2) is 12.4. The van der Waals surface area contributed by atoms with Gasteiger partial charge in [0, 0.05) is 42.3 Å². The normalized spacial score (nSPS) is 16.1. The molecule has 0 aromatic heterocycles. The van der Waals surface area contributed by atoms with Crippen LogP contribution in [0.1, 0.15) is 44.2 Å². The van der Waals surface area contributed by atoms with Crippen molar-refractivity contribution in [2.75, 3.05) is 33.3 Å². The molecule has 1 heterocycles. The molecule has 0 spiro atoms. The average Bonchev–Trinajstić information content (AvgIpc) is 2.52. The summed E-state index contributed by atoms with van der Waals surface area (Å²) in [5, 5.41) is 3.45. The van der Waals surface area contributed by atoms with Gasteiger partial charge in [-0.1, -0.05) is 42.1 Å². The first-order chi connectivity index (χ1) is 10.3. The summed E-state index contributed by atoms with van der Waals surface area (Å²) >= 11 is 3.61. The molecule has 0 radical (unpaired) electrons. The Balaban J connectivity index is 0.00000242. The third-order valence-electron chi connectivity index (χ3n) is 4.22. The third-order valence-corrected chi connectivity index (χ3v) is 4.72. The molecule has 23 heavy (non-hydrogen) atoms. The van der Waals surface area contributed by atoms with Crippen LogP contribution in [-0.2, 0) is 0 Å². The van der Waals surface area contributed by atoms with E-state index in [4.69, 9.17) is 4.74 Å². The highest BCUT2D eigenvalue weighted by Gasteiger charge is 2.24. The van der Waals surface area contributed by atoms with Crippen LogP contribution in [-0.4, -0.2) is 38.2 Å². The van der Waals surface area contributed by atoms with Crippen LogP contribution in [0.25, 0.3) is 0 Å². The summed E-state index contributed by atoms with van der Waals surface area (Å²) in [6.07, 6.45) is 5.06. The van der Waals surface area contributed by atoms with E-state index in [1.54, 1.807) is 7.11 Å². The standard InChI is InChI=1S/C17H27BrN2O.2ClH/c1-3-4-5-6-16(20-11-9-19-10-12-20)15-13-14(18)7-8-17(15)21-2;;/h7-8,13,16,19H,3-6,9-12H2,1-2H3;2*1H/t16-;;/m1../s1. The number of nitrogens with one attached hydrogen (secondary N) is 1. The number of ether oxygens (including phenoxy) is 1. The van der Waals surface area contributed by atoms with Gasteiger partial charge in [-0.2, -0.15) is 0 Å². The Morgan fingerprint density at radius 2 is 1.91 bits per heavy atom. The topological polar surface area (TPSA) is 24.5 Å². The summed E-state index contributed by atoms with van der Waals surface area (Å²) in [6.45, 7) is 6.67. The lowest BCUT2D eigenvalue weighted by Gasteiger charge is -2.36. The molecule has 1 N–H and O–H groups in total. The van der Waals surface area contributed by atoms with Crippen molar-refractivity contribution >= 4 is 40.7 Å². The number of hydrogen-bond acceptors (Lipinski definition) is 3. The summed E-state index contributed by atoms with van der Waals surface area (Å²) < 4.78 is 6.75. The number of benzene rings is 1. The van der Waals surface area contributed by atoms with Crippen molar-refractivity contribution in [1.29, 1.82) is 0 Å². The molecule has 1 aromatic rings. The number of piperazine rings is 1. The van der Waals surface area contributed by atoms with Gasteiger partial charge in [-0.15, -0.1) is 24.8 Å². The highest BCUT2D eigenvalue weighted by Crippen LogP contribution is 2.35. The van der Waals surface area contributed by atoms with E-state index < -0.39 is 0 Å². The number of nitrogens with zero attached hydrogens (tertiary/aromatic N) is 1. The molecule has 0 saturated carbocycles. The lowest BCUT2D eigenvalue weighted by Crippen LogP contribution is -2.45. The molecule has 1 aromatic carbocycles. The molecule has 0 amide bonds. The average molecular weight is 428 g/mol. The SMILES string of the molecule is CCCCC[C@H](c1cc(Br)ccc1OC)N1CCNCC1.Cl.Cl. The molecule has 6 heteroatoms. The summed E-state index contributed by atoms with van der Waals surface area (Å²) in [7, 11) is 1.77. The van der Waals surface area contributed by atoms with Crippen molar-refractivity contribution in [3.63, 3.8) is 0 Å². The Bertz CT molecular complexity index is 443. The van der Waals surface area contributed by atoms with Gasteiger partial charge in [-0.25, -0.2) is 0 Å². The summed E-state index contributed by atoms with van der Waals surface area (Å²) in [4.78, 5) is 2.61. The minimum Gasteiger partial charge on any atom is -0.496 e. The number of rotatable bonds is 7. The Kier molecular flexibility index (Phi) is 12.4. The van der Waals surface area contributed by atoms with Crippen molar-refractivity contribution in [2.24, 2.45) is 0 Å². The van der Waals surface area contributed by atoms with Crippen LogP contribution in [0, 0.1) is 0 Å². The maximum Gasteiger partial charge on any atom is 0.123 e. The zero-order valence-electron chi connectivity index (χ0n) is 14.0. The predicted molar refractivity (Wildman–Crippen MR) is 107 cm³/mol. The zero-order chi connectivity index (χ0) is 15.1. The minimum absolute atomic E-state index is 0. The zero-order valence-corrected chi connectivity index (χ0v) is 17.2. The van der Waals surface area contributed by atoms with Crippen LogP contribution >= 0.6 is 40.7 Å². The van der Waals surface area contributed by atoms with Crippen LogP contribution in [0.5, 0.6) is 5.75 Å². The molecule has 0 bridgehead atoms. The molecule has 0 aliphatic carbocycles. The summed E-state index contributed by atoms with van der Waals surface area (Å²) in [5.74, 6) is 1.01. The molecule has 3 nitrogen and oxygen atoms in total. The number of hydrogen-bond donors (Lipinski definition) is 1. The molecule has 1 saturated heterocycles. The van der Waals surface area contributed by atoms with E-state index in [-0.39, 0.29) is 24.8 Å². The second-order valence-corrected chi connectivity index (χ2v) is 6.60. The lowest BCUT2D eigenvalue weighted by molar-refractivity contribution is 0.160. The minimum atomic E-state index is 0. The van der Waals surface area contributed by atoms with Crippen molar-refractivity contribution in [2.45, 2.75) is 38.6 Å². The number of methoxy groups -OCH3 is 1. The predicted octanol–water partition coefficient (Wildman–Crippen LogP) is 4.83. The molecular weight excluding hydrogens is 399 g/mol. The van der Waals surface area contributed by atoms with Gasteiger partial charge in [0.15, 0.2) is 0 Å². The molecule has 134 valence electrons. The fourth-order valence-corrected chi connectivity index (χ4v) is 3.46.